The van der Waals surface area contributed by atoms with Crippen LogP contribution < -0.4 is 20.4 Å². The molecular formula is C25H44N4O2+2. The van der Waals surface area contributed by atoms with Gasteiger partial charge in [0.1, 0.15) is 13.1 Å². The minimum absolute atomic E-state index is 0.0823. The second-order valence-corrected chi connectivity index (χ2v) is 10.7. The van der Waals surface area contributed by atoms with E-state index in [4.69, 9.17) is 0 Å². The van der Waals surface area contributed by atoms with E-state index in [2.05, 4.69) is 56.5 Å². The number of hydrogen-bond donors (Lipinski definition) is 4. The monoisotopic (exact) mass is 432 g/mol. The van der Waals surface area contributed by atoms with Gasteiger partial charge in [0, 0.05) is 17.6 Å². The van der Waals surface area contributed by atoms with E-state index in [1.54, 1.807) is 0 Å². The number of anilines is 1. The van der Waals surface area contributed by atoms with Crippen LogP contribution in [0.5, 0.6) is 0 Å². The minimum Gasteiger partial charge on any atom is -0.347 e. The number of amides is 2. The van der Waals surface area contributed by atoms with Crippen molar-refractivity contribution in [3.8, 4) is 0 Å². The summed E-state index contributed by atoms with van der Waals surface area (Å²) in [6.07, 6.45) is 1.03. The lowest BCUT2D eigenvalue weighted by atomic mass is 9.92. The van der Waals surface area contributed by atoms with Crippen LogP contribution >= 0.6 is 0 Å². The fraction of sp³-hybridized carbons (Fsp3) is 0.680. The number of hydrogen-bond acceptors (Lipinski definition) is 2. The van der Waals surface area contributed by atoms with Crippen molar-refractivity contribution in [1.29, 1.82) is 0 Å². The number of carbonyl (C=O) groups is 2. The molecular weight excluding hydrogens is 388 g/mol. The molecule has 1 aliphatic rings. The lowest BCUT2D eigenvalue weighted by Crippen LogP contribution is -3.18. The topological polar surface area (TPSA) is 67.1 Å². The van der Waals surface area contributed by atoms with Gasteiger partial charge in [-0.1, -0.05) is 45.9 Å². The Labute approximate surface area is 188 Å². The standard InChI is InChI=1S/C25H42N4O2/c1-18(2)20-10-8-11-21(19(3)4)24(20)26-22(30)16-28-12-9-13-29(15-14-28)17-23(31)27-25(5,6)7/h8,10-11,18-19H,9,12-17H2,1-7H3,(H,26,30)(H,27,31)/p+2. The largest absolute Gasteiger partial charge is 0.347 e. The normalized spacial score (nSPS) is 19.9. The van der Waals surface area contributed by atoms with Crippen molar-refractivity contribution in [3.63, 3.8) is 0 Å². The predicted molar refractivity (Wildman–Crippen MR) is 127 cm³/mol. The molecule has 2 rings (SSSR count). The van der Waals surface area contributed by atoms with Crippen LogP contribution in [0.3, 0.4) is 0 Å². The summed E-state index contributed by atoms with van der Waals surface area (Å²) in [7, 11) is 0. The summed E-state index contributed by atoms with van der Waals surface area (Å²) in [6, 6.07) is 6.33. The van der Waals surface area contributed by atoms with Crippen molar-refractivity contribution in [2.45, 2.75) is 72.3 Å². The lowest BCUT2D eigenvalue weighted by molar-refractivity contribution is -0.930. The summed E-state index contributed by atoms with van der Waals surface area (Å²) < 4.78 is 0. The fourth-order valence-electron chi connectivity index (χ4n) is 4.34. The number of quaternary nitrogens is 2. The molecule has 1 aromatic rings. The molecule has 0 aliphatic carbocycles. The molecule has 1 saturated heterocycles. The highest BCUT2D eigenvalue weighted by Crippen LogP contribution is 2.32. The quantitative estimate of drug-likeness (QED) is 0.519. The first-order valence-corrected chi connectivity index (χ1v) is 11.9. The zero-order valence-electron chi connectivity index (χ0n) is 20.7. The molecule has 1 aromatic carbocycles. The van der Waals surface area contributed by atoms with Gasteiger partial charge in [0.05, 0.1) is 13.1 Å². The third-order valence-electron chi connectivity index (χ3n) is 5.87. The average Bonchev–Trinajstić information content (AvgIpc) is 2.84. The Hall–Kier alpha value is -1.92. The molecule has 2 amide bonds. The van der Waals surface area contributed by atoms with Crippen LogP contribution in [0.1, 0.15) is 77.8 Å². The van der Waals surface area contributed by atoms with Crippen LogP contribution in [0.25, 0.3) is 0 Å². The van der Waals surface area contributed by atoms with Crippen LogP contribution in [0.15, 0.2) is 18.2 Å². The maximum absolute atomic E-state index is 13.0. The maximum Gasteiger partial charge on any atom is 0.279 e. The molecule has 0 bridgehead atoms. The number of para-hydroxylation sites is 1. The molecule has 0 aromatic heterocycles. The van der Waals surface area contributed by atoms with Crippen LogP contribution in [-0.2, 0) is 9.59 Å². The predicted octanol–water partition coefficient (Wildman–Crippen LogP) is 0.960. The third-order valence-corrected chi connectivity index (χ3v) is 5.87. The Kier molecular flexibility index (Phi) is 9.07. The Balaban J connectivity index is 1.95. The first-order valence-electron chi connectivity index (χ1n) is 11.9. The van der Waals surface area contributed by atoms with Crippen molar-refractivity contribution in [2.24, 2.45) is 0 Å². The first kappa shape index (κ1) is 25.3. The van der Waals surface area contributed by atoms with Crippen LogP contribution in [0.2, 0.25) is 0 Å². The van der Waals surface area contributed by atoms with E-state index in [-0.39, 0.29) is 17.4 Å². The Morgan fingerprint density at radius 2 is 1.35 bits per heavy atom. The Morgan fingerprint density at radius 1 is 0.871 bits per heavy atom. The van der Waals surface area contributed by atoms with E-state index < -0.39 is 0 Å². The van der Waals surface area contributed by atoms with Crippen molar-refractivity contribution in [2.75, 3.05) is 44.6 Å². The molecule has 0 radical (unpaired) electrons. The second kappa shape index (κ2) is 11.1. The molecule has 2 atom stereocenters. The Morgan fingerprint density at radius 3 is 1.81 bits per heavy atom. The van der Waals surface area contributed by atoms with E-state index in [9.17, 15) is 9.59 Å². The van der Waals surface area contributed by atoms with Crippen molar-refractivity contribution in [3.05, 3.63) is 29.3 Å². The third kappa shape index (κ3) is 8.26. The molecule has 4 N–H and O–H groups in total. The molecule has 0 spiro atoms. The SMILES string of the molecule is CC(C)c1cccc(C(C)C)c1NC(=O)C[NH+]1CCC[NH+](CC(=O)NC(C)(C)C)CC1. The van der Waals surface area contributed by atoms with Crippen molar-refractivity contribution in [1.82, 2.24) is 5.32 Å². The minimum atomic E-state index is -0.196. The van der Waals surface area contributed by atoms with E-state index in [0.717, 1.165) is 38.3 Å². The maximum atomic E-state index is 13.0. The highest BCUT2D eigenvalue weighted by molar-refractivity contribution is 5.93. The van der Waals surface area contributed by atoms with E-state index in [1.807, 2.05) is 20.8 Å². The number of carbonyl (C=O) groups excluding carboxylic acids is 2. The molecule has 1 fully saturated rings. The van der Waals surface area contributed by atoms with Crippen molar-refractivity contribution < 1.29 is 19.4 Å². The highest BCUT2D eigenvalue weighted by atomic mass is 16.2. The van der Waals surface area contributed by atoms with E-state index in [0.29, 0.717) is 24.9 Å². The van der Waals surface area contributed by atoms with Crippen LogP contribution in [-0.4, -0.2) is 56.6 Å². The summed E-state index contributed by atoms with van der Waals surface area (Å²) in [6.45, 7) is 19.5. The molecule has 6 heteroatoms. The van der Waals surface area contributed by atoms with Crippen LogP contribution in [0, 0.1) is 0 Å². The Bertz CT molecular complexity index is 726. The highest BCUT2D eigenvalue weighted by Gasteiger charge is 2.26. The zero-order chi connectivity index (χ0) is 23.2. The molecule has 1 heterocycles. The van der Waals surface area contributed by atoms with Gasteiger partial charge in [0.15, 0.2) is 13.1 Å². The number of nitrogens with one attached hydrogen (secondary N) is 4. The summed E-state index contributed by atoms with van der Waals surface area (Å²) in [4.78, 5) is 27.8. The van der Waals surface area contributed by atoms with Gasteiger partial charge in [-0.25, -0.2) is 0 Å². The van der Waals surface area contributed by atoms with Gasteiger partial charge in [-0.05, 0) is 43.7 Å². The van der Waals surface area contributed by atoms with Gasteiger partial charge >= 0.3 is 0 Å². The molecule has 0 saturated carbocycles. The molecule has 174 valence electrons. The smallest absolute Gasteiger partial charge is 0.279 e. The molecule has 6 nitrogen and oxygen atoms in total. The number of rotatable bonds is 7. The summed E-state index contributed by atoms with van der Waals surface area (Å²) in [5.41, 5.74) is 3.20. The summed E-state index contributed by atoms with van der Waals surface area (Å²) >= 11 is 0. The van der Waals surface area contributed by atoms with Crippen LogP contribution in [0.4, 0.5) is 5.69 Å². The first-order chi connectivity index (χ1) is 14.5. The van der Waals surface area contributed by atoms with Gasteiger partial charge in [-0.15, -0.1) is 0 Å². The fourth-order valence-corrected chi connectivity index (χ4v) is 4.34. The number of benzene rings is 1. The van der Waals surface area contributed by atoms with Gasteiger partial charge in [-0.2, -0.15) is 0 Å². The van der Waals surface area contributed by atoms with E-state index in [1.165, 1.54) is 20.9 Å². The van der Waals surface area contributed by atoms with Gasteiger partial charge in [0.25, 0.3) is 11.8 Å². The molecule has 2 unspecified atom stereocenters. The van der Waals surface area contributed by atoms with Gasteiger partial charge in [-0.3, -0.25) is 9.59 Å². The lowest BCUT2D eigenvalue weighted by Gasteiger charge is -2.23. The second-order valence-electron chi connectivity index (χ2n) is 10.7. The molecule has 1 aliphatic heterocycles. The zero-order valence-corrected chi connectivity index (χ0v) is 20.7. The van der Waals surface area contributed by atoms with E-state index >= 15 is 0 Å². The van der Waals surface area contributed by atoms with Gasteiger partial charge < -0.3 is 20.4 Å². The van der Waals surface area contributed by atoms with Crippen molar-refractivity contribution >= 4 is 17.5 Å². The average molecular weight is 433 g/mol. The van der Waals surface area contributed by atoms with Gasteiger partial charge in [0.2, 0.25) is 0 Å². The summed E-state index contributed by atoms with van der Waals surface area (Å²) in [5.74, 6) is 0.904. The summed E-state index contributed by atoms with van der Waals surface area (Å²) in [5, 5.41) is 6.30. The molecule has 31 heavy (non-hydrogen) atoms.